The molecule has 1 aliphatic rings. The van der Waals surface area contributed by atoms with Crippen molar-refractivity contribution in [2.75, 3.05) is 19.0 Å². The first-order valence-electron chi connectivity index (χ1n) is 11.6. The molecular formula is C27H21N5O5S. The average molecular weight is 528 g/mol. The highest BCUT2D eigenvalue weighted by Gasteiger charge is 2.29. The van der Waals surface area contributed by atoms with Crippen molar-refractivity contribution in [2.45, 2.75) is 13.0 Å². The monoisotopic (exact) mass is 527 g/mol. The normalized spacial score (nSPS) is 14.3. The van der Waals surface area contributed by atoms with E-state index >= 15 is 0 Å². The van der Waals surface area contributed by atoms with E-state index in [1.54, 1.807) is 37.7 Å². The maximum atomic E-state index is 12.2. The van der Waals surface area contributed by atoms with Gasteiger partial charge in [0.2, 0.25) is 5.88 Å². The van der Waals surface area contributed by atoms with Crippen LogP contribution in [0.5, 0.6) is 17.4 Å². The highest BCUT2D eigenvalue weighted by Crippen LogP contribution is 2.45. The molecule has 0 saturated heterocycles. The molecule has 1 aliphatic heterocycles. The number of hydrogen-bond acceptors (Lipinski definition) is 10. The molecule has 0 radical (unpaired) electrons. The van der Waals surface area contributed by atoms with E-state index in [-0.39, 0.29) is 12.4 Å². The molecular weight excluding hydrogens is 506 g/mol. The fourth-order valence-electron chi connectivity index (χ4n) is 4.07. The Morgan fingerprint density at radius 3 is 2.89 bits per heavy atom. The molecule has 0 spiro atoms. The van der Waals surface area contributed by atoms with Gasteiger partial charge in [0.25, 0.3) is 0 Å². The van der Waals surface area contributed by atoms with Gasteiger partial charge >= 0.3 is 6.09 Å². The van der Waals surface area contributed by atoms with Crippen LogP contribution >= 0.6 is 11.3 Å². The van der Waals surface area contributed by atoms with Crippen molar-refractivity contribution in [1.29, 1.82) is 0 Å². The number of rotatable bonds is 5. The van der Waals surface area contributed by atoms with Crippen molar-refractivity contribution >= 4 is 44.4 Å². The standard InChI is InChI=1S/C27H21N5O5S/c1-14-9-17(23-19(10-14)31-22(34-3)12-29-23)26-32-18-6-7-20-24(25(18)38-26)35-13-21(37-20)15(2)36-27(33)30-16-5-4-8-28-11-16/h4-12,21H,2,13H2,1,3H3,(H,30,33)/t21-/m1/s1. The highest BCUT2D eigenvalue weighted by molar-refractivity contribution is 7.22. The molecule has 1 atom stereocenters. The molecule has 1 N–H and O–H groups in total. The molecule has 3 aromatic heterocycles. The lowest BCUT2D eigenvalue weighted by atomic mass is 10.1. The van der Waals surface area contributed by atoms with Gasteiger partial charge in [0.05, 0.1) is 41.7 Å². The van der Waals surface area contributed by atoms with Gasteiger partial charge in [-0.25, -0.2) is 19.7 Å². The number of nitrogens with one attached hydrogen (secondary N) is 1. The molecule has 1 amide bonds. The number of fused-ring (bicyclic) bond motifs is 4. The van der Waals surface area contributed by atoms with E-state index in [4.69, 9.17) is 23.9 Å². The smallest absolute Gasteiger partial charge is 0.416 e. The lowest BCUT2D eigenvalue weighted by Crippen LogP contribution is -2.33. The van der Waals surface area contributed by atoms with E-state index in [0.717, 1.165) is 37.4 Å². The Balaban J connectivity index is 1.25. The van der Waals surface area contributed by atoms with Crippen molar-refractivity contribution in [3.05, 3.63) is 72.9 Å². The first-order chi connectivity index (χ1) is 18.5. The van der Waals surface area contributed by atoms with Crippen molar-refractivity contribution in [1.82, 2.24) is 19.9 Å². The zero-order valence-corrected chi connectivity index (χ0v) is 21.2. The van der Waals surface area contributed by atoms with Gasteiger partial charge in [-0.1, -0.05) is 6.58 Å². The molecule has 11 heteroatoms. The van der Waals surface area contributed by atoms with Crippen LogP contribution in [0.15, 0.2) is 67.3 Å². The minimum Gasteiger partial charge on any atom is -0.484 e. The van der Waals surface area contributed by atoms with Crippen molar-refractivity contribution in [3.63, 3.8) is 0 Å². The number of anilines is 1. The molecule has 6 rings (SSSR count). The summed E-state index contributed by atoms with van der Waals surface area (Å²) in [5.41, 5.74) is 4.65. The molecule has 190 valence electrons. The largest absolute Gasteiger partial charge is 0.484 e. The Bertz CT molecular complexity index is 1710. The lowest BCUT2D eigenvalue weighted by molar-refractivity contribution is 0.0786. The molecule has 0 bridgehead atoms. The number of benzene rings is 2. The van der Waals surface area contributed by atoms with Crippen LogP contribution in [0.4, 0.5) is 10.5 Å². The predicted molar refractivity (Wildman–Crippen MR) is 143 cm³/mol. The predicted octanol–water partition coefficient (Wildman–Crippen LogP) is 5.52. The van der Waals surface area contributed by atoms with Crippen LogP contribution in [0.25, 0.3) is 31.8 Å². The number of ether oxygens (including phenoxy) is 4. The summed E-state index contributed by atoms with van der Waals surface area (Å²) in [6, 6.07) is 11.1. The number of amides is 1. The summed E-state index contributed by atoms with van der Waals surface area (Å²) < 4.78 is 23.6. The molecule has 0 aliphatic carbocycles. The summed E-state index contributed by atoms with van der Waals surface area (Å²) in [6.07, 6.45) is 3.36. The van der Waals surface area contributed by atoms with E-state index in [9.17, 15) is 4.79 Å². The van der Waals surface area contributed by atoms with Crippen LogP contribution < -0.4 is 19.5 Å². The highest BCUT2D eigenvalue weighted by atomic mass is 32.1. The second-order valence-corrected chi connectivity index (χ2v) is 9.49. The Morgan fingerprint density at radius 2 is 2.08 bits per heavy atom. The van der Waals surface area contributed by atoms with Crippen molar-refractivity contribution < 1.29 is 23.7 Å². The minimum absolute atomic E-state index is 0.122. The Kier molecular flexibility index (Phi) is 5.97. The first-order valence-corrected chi connectivity index (χ1v) is 12.4. The Labute approximate surface area is 220 Å². The number of carbonyl (C=O) groups excluding carboxylic acids is 1. The molecule has 5 aromatic rings. The second kappa shape index (κ2) is 9.60. The van der Waals surface area contributed by atoms with E-state index in [0.29, 0.717) is 23.1 Å². The van der Waals surface area contributed by atoms with Gasteiger partial charge in [-0.15, -0.1) is 11.3 Å². The fourth-order valence-corrected chi connectivity index (χ4v) is 5.15. The summed E-state index contributed by atoms with van der Waals surface area (Å²) in [6.45, 7) is 5.98. The summed E-state index contributed by atoms with van der Waals surface area (Å²) in [4.78, 5) is 30.1. The quantitative estimate of drug-likeness (QED) is 0.295. The first kappa shape index (κ1) is 23.6. The Hall–Kier alpha value is -4.77. The zero-order valence-electron chi connectivity index (χ0n) is 20.4. The third-order valence-electron chi connectivity index (χ3n) is 5.82. The van der Waals surface area contributed by atoms with Gasteiger partial charge in [0.1, 0.15) is 22.1 Å². The number of hydrogen-bond donors (Lipinski definition) is 1. The van der Waals surface area contributed by atoms with Crippen LogP contribution in [0.2, 0.25) is 0 Å². The summed E-state index contributed by atoms with van der Waals surface area (Å²) in [5.74, 6) is 1.68. The summed E-state index contributed by atoms with van der Waals surface area (Å²) in [5, 5.41) is 3.38. The van der Waals surface area contributed by atoms with Crippen LogP contribution in [-0.2, 0) is 4.74 Å². The second-order valence-electron chi connectivity index (χ2n) is 8.49. The fraction of sp³-hybridized carbons (Fsp3) is 0.148. The topological polar surface area (TPSA) is 118 Å². The lowest BCUT2D eigenvalue weighted by Gasteiger charge is -2.27. The van der Waals surface area contributed by atoms with Gasteiger partial charge in [0.15, 0.2) is 17.6 Å². The molecule has 0 unspecified atom stereocenters. The SMILES string of the molecule is C=C(OC(=O)Nc1cccnc1)[C@H]1COc2c(ccc3nc(-c4cc(C)cc5nc(OC)cnc45)sc23)O1. The van der Waals surface area contributed by atoms with Crippen LogP contribution in [-0.4, -0.2) is 45.8 Å². The molecule has 4 heterocycles. The van der Waals surface area contributed by atoms with Crippen LogP contribution in [0, 0.1) is 6.92 Å². The third-order valence-corrected chi connectivity index (χ3v) is 6.93. The van der Waals surface area contributed by atoms with E-state index in [1.165, 1.54) is 17.5 Å². The van der Waals surface area contributed by atoms with Crippen molar-refractivity contribution in [2.24, 2.45) is 0 Å². The van der Waals surface area contributed by atoms with Gasteiger partial charge in [-0.05, 0) is 48.9 Å². The van der Waals surface area contributed by atoms with Gasteiger partial charge in [0, 0.05) is 11.8 Å². The number of pyridine rings is 1. The maximum Gasteiger partial charge on any atom is 0.416 e. The number of aromatic nitrogens is 4. The van der Waals surface area contributed by atoms with Crippen LogP contribution in [0.1, 0.15) is 5.56 Å². The molecule has 0 saturated carbocycles. The average Bonchev–Trinajstić information content (AvgIpc) is 3.37. The minimum atomic E-state index is -0.689. The molecule has 0 fully saturated rings. The number of aryl methyl sites for hydroxylation is 1. The molecule has 38 heavy (non-hydrogen) atoms. The number of carbonyl (C=O) groups is 1. The van der Waals surface area contributed by atoms with Crippen molar-refractivity contribution in [3.8, 4) is 28.0 Å². The molecule has 2 aromatic carbocycles. The molecule has 10 nitrogen and oxygen atoms in total. The number of nitrogens with zero attached hydrogens (tertiary/aromatic N) is 4. The van der Waals surface area contributed by atoms with Gasteiger partial charge < -0.3 is 18.9 Å². The van der Waals surface area contributed by atoms with E-state index < -0.39 is 12.2 Å². The number of methoxy groups -OCH3 is 1. The zero-order chi connectivity index (χ0) is 26.2. The third kappa shape index (κ3) is 4.43. The van der Waals surface area contributed by atoms with Crippen LogP contribution in [0.3, 0.4) is 0 Å². The van der Waals surface area contributed by atoms with E-state index in [1.807, 2.05) is 25.1 Å². The van der Waals surface area contributed by atoms with Gasteiger partial charge in [-0.3, -0.25) is 10.3 Å². The maximum absolute atomic E-state index is 12.2. The Morgan fingerprint density at radius 1 is 1.18 bits per heavy atom. The van der Waals surface area contributed by atoms with Gasteiger partial charge in [-0.2, -0.15) is 0 Å². The summed E-state index contributed by atoms with van der Waals surface area (Å²) >= 11 is 1.48. The summed E-state index contributed by atoms with van der Waals surface area (Å²) in [7, 11) is 1.56. The number of thiazole rings is 1. The van der Waals surface area contributed by atoms with E-state index in [2.05, 4.69) is 26.8 Å².